The van der Waals surface area contributed by atoms with Crippen LogP contribution in [0.4, 0.5) is 11.4 Å². The monoisotopic (exact) mass is 366 g/mol. The fourth-order valence-electron chi connectivity index (χ4n) is 2.73. The van der Waals surface area contributed by atoms with Crippen LogP contribution in [0.1, 0.15) is 28.7 Å². The maximum absolute atomic E-state index is 12.8. The third-order valence-corrected chi connectivity index (χ3v) is 4.32. The highest BCUT2D eigenvalue weighted by molar-refractivity contribution is 6.09. The van der Waals surface area contributed by atoms with Crippen LogP contribution >= 0.6 is 0 Å². The topological polar surface area (TPSA) is 93.8 Å². The molecule has 0 spiro atoms. The number of nitrogens with one attached hydrogen (secondary N) is 2. The number of aromatic nitrogens is 4. The Kier molecular flexibility index (Phi) is 5.35. The molecule has 0 saturated carbocycles. The van der Waals surface area contributed by atoms with Crippen molar-refractivity contribution in [3.8, 4) is 0 Å². The van der Waals surface area contributed by atoms with Gasteiger partial charge in [0, 0.05) is 13.6 Å². The molecular formula is C19H22N6O2. The molecule has 8 nitrogen and oxygen atoms in total. The minimum Gasteiger partial charge on any atom is -0.322 e. The zero-order valence-electron chi connectivity index (χ0n) is 15.6. The van der Waals surface area contributed by atoms with Crippen LogP contribution in [0, 0.1) is 6.92 Å². The number of amides is 2. The normalized spacial score (nSPS) is 10.6. The van der Waals surface area contributed by atoms with Gasteiger partial charge in [-0.2, -0.15) is 10.2 Å². The molecule has 0 saturated heterocycles. The smallest absolute Gasteiger partial charge is 0.276 e. The van der Waals surface area contributed by atoms with E-state index in [-0.39, 0.29) is 18.2 Å². The Bertz CT molecular complexity index is 958. The molecule has 0 radical (unpaired) electrons. The molecule has 0 atom stereocenters. The summed E-state index contributed by atoms with van der Waals surface area (Å²) in [4.78, 5) is 25.2. The zero-order valence-corrected chi connectivity index (χ0v) is 15.6. The molecule has 3 rings (SSSR count). The molecule has 0 aliphatic carbocycles. The van der Waals surface area contributed by atoms with E-state index in [0.29, 0.717) is 23.6 Å². The first-order valence-electron chi connectivity index (χ1n) is 8.69. The van der Waals surface area contributed by atoms with Crippen LogP contribution < -0.4 is 10.6 Å². The second-order valence-corrected chi connectivity index (χ2v) is 6.15. The van der Waals surface area contributed by atoms with Crippen LogP contribution in [0.2, 0.25) is 0 Å². The number of aryl methyl sites for hydroxylation is 2. The van der Waals surface area contributed by atoms with Crippen molar-refractivity contribution in [3.05, 3.63) is 59.7 Å². The van der Waals surface area contributed by atoms with E-state index in [1.807, 2.05) is 44.2 Å². The summed E-state index contributed by atoms with van der Waals surface area (Å²) >= 11 is 0. The van der Waals surface area contributed by atoms with E-state index < -0.39 is 0 Å². The fraction of sp³-hybridized carbons (Fsp3) is 0.263. The molecule has 3 aromatic rings. The van der Waals surface area contributed by atoms with Gasteiger partial charge in [0.15, 0.2) is 0 Å². The summed E-state index contributed by atoms with van der Waals surface area (Å²) in [6.45, 7) is 4.25. The molecule has 140 valence electrons. The first-order valence-corrected chi connectivity index (χ1v) is 8.69. The van der Waals surface area contributed by atoms with Crippen molar-refractivity contribution < 1.29 is 9.59 Å². The van der Waals surface area contributed by atoms with Gasteiger partial charge in [0.05, 0.1) is 35.9 Å². The maximum Gasteiger partial charge on any atom is 0.276 e. The summed E-state index contributed by atoms with van der Waals surface area (Å²) in [5.41, 5.74) is 3.04. The van der Waals surface area contributed by atoms with Crippen molar-refractivity contribution in [2.75, 3.05) is 10.6 Å². The molecule has 0 aliphatic heterocycles. The molecule has 2 N–H and O–H groups in total. The van der Waals surface area contributed by atoms with E-state index in [1.165, 1.54) is 6.20 Å². The van der Waals surface area contributed by atoms with Gasteiger partial charge in [-0.1, -0.05) is 30.3 Å². The highest BCUT2D eigenvalue weighted by atomic mass is 16.2. The Morgan fingerprint density at radius 3 is 2.37 bits per heavy atom. The number of hydrogen-bond donors (Lipinski definition) is 2. The van der Waals surface area contributed by atoms with E-state index in [9.17, 15) is 9.59 Å². The second-order valence-electron chi connectivity index (χ2n) is 6.15. The standard InChI is InChI=1S/C19H22N6O2/c1-4-25-18(19(27)23-15-11-20-24(3)13(15)2)16(12-21-25)22-17(26)10-14-8-6-5-7-9-14/h5-9,11-12H,4,10H2,1-3H3,(H,22,26)(H,23,27). The van der Waals surface area contributed by atoms with Crippen LogP contribution in [0.5, 0.6) is 0 Å². The summed E-state index contributed by atoms with van der Waals surface area (Å²) in [6.07, 6.45) is 3.31. The Balaban J connectivity index is 1.79. The Morgan fingerprint density at radius 2 is 1.74 bits per heavy atom. The van der Waals surface area contributed by atoms with Crippen LogP contribution in [-0.2, 0) is 24.8 Å². The van der Waals surface area contributed by atoms with Gasteiger partial charge in [0.25, 0.3) is 5.91 Å². The van der Waals surface area contributed by atoms with Gasteiger partial charge in [-0.05, 0) is 19.4 Å². The van der Waals surface area contributed by atoms with E-state index in [1.54, 1.807) is 22.6 Å². The van der Waals surface area contributed by atoms with Gasteiger partial charge in [-0.3, -0.25) is 19.0 Å². The van der Waals surface area contributed by atoms with Crippen molar-refractivity contribution in [2.45, 2.75) is 26.8 Å². The van der Waals surface area contributed by atoms with Gasteiger partial charge in [-0.15, -0.1) is 0 Å². The summed E-state index contributed by atoms with van der Waals surface area (Å²) in [7, 11) is 1.80. The van der Waals surface area contributed by atoms with Crippen molar-refractivity contribution in [3.63, 3.8) is 0 Å². The number of hydrogen-bond acceptors (Lipinski definition) is 4. The van der Waals surface area contributed by atoms with Gasteiger partial charge in [0.1, 0.15) is 5.69 Å². The molecule has 2 aromatic heterocycles. The summed E-state index contributed by atoms with van der Waals surface area (Å²) < 4.78 is 3.23. The van der Waals surface area contributed by atoms with Crippen LogP contribution in [0.25, 0.3) is 0 Å². The van der Waals surface area contributed by atoms with Gasteiger partial charge in [0.2, 0.25) is 5.91 Å². The van der Waals surface area contributed by atoms with Crippen LogP contribution in [0.15, 0.2) is 42.7 Å². The van der Waals surface area contributed by atoms with E-state index in [4.69, 9.17) is 0 Å². The van der Waals surface area contributed by atoms with Gasteiger partial charge in [-0.25, -0.2) is 0 Å². The molecule has 1 aromatic carbocycles. The minimum atomic E-state index is -0.347. The first-order chi connectivity index (χ1) is 13.0. The van der Waals surface area contributed by atoms with Gasteiger partial charge < -0.3 is 10.6 Å². The summed E-state index contributed by atoms with van der Waals surface area (Å²) in [5, 5.41) is 14.0. The minimum absolute atomic E-state index is 0.205. The number of carbonyl (C=O) groups excluding carboxylic acids is 2. The van der Waals surface area contributed by atoms with E-state index in [0.717, 1.165) is 11.3 Å². The van der Waals surface area contributed by atoms with E-state index in [2.05, 4.69) is 20.8 Å². The average Bonchev–Trinajstić information content (AvgIpc) is 3.20. The predicted molar refractivity (Wildman–Crippen MR) is 103 cm³/mol. The number of nitrogens with zero attached hydrogens (tertiary/aromatic N) is 4. The van der Waals surface area contributed by atoms with Crippen LogP contribution in [0.3, 0.4) is 0 Å². The lowest BCUT2D eigenvalue weighted by molar-refractivity contribution is -0.115. The molecular weight excluding hydrogens is 344 g/mol. The third-order valence-electron chi connectivity index (χ3n) is 4.32. The lowest BCUT2D eigenvalue weighted by Crippen LogP contribution is -2.21. The Morgan fingerprint density at radius 1 is 1.04 bits per heavy atom. The lowest BCUT2D eigenvalue weighted by atomic mass is 10.1. The number of anilines is 2. The van der Waals surface area contributed by atoms with E-state index >= 15 is 0 Å². The lowest BCUT2D eigenvalue weighted by Gasteiger charge is -2.10. The average molecular weight is 366 g/mol. The Labute approximate surface area is 157 Å². The largest absolute Gasteiger partial charge is 0.322 e. The van der Waals surface area contributed by atoms with Gasteiger partial charge >= 0.3 is 0 Å². The highest BCUT2D eigenvalue weighted by Crippen LogP contribution is 2.19. The SMILES string of the molecule is CCn1ncc(NC(=O)Cc2ccccc2)c1C(=O)Nc1cnn(C)c1C. The third kappa shape index (κ3) is 4.05. The summed E-state index contributed by atoms with van der Waals surface area (Å²) in [5.74, 6) is -0.552. The number of benzene rings is 1. The molecule has 0 aliphatic rings. The molecule has 2 amide bonds. The molecule has 27 heavy (non-hydrogen) atoms. The number of rotatable bonds is 6. The number of carbonyl (C=O) groups is 2. The Hall–Kier alpha value is -3.42. The first kappa shape index (κ1) is 18.4. The predicted octanol–water partition coefficient (Wildman–Crippen LogP) is 2.38. The quantitative estimate of drug-likeness (QED) is 0.700. The fourth-order valence-corrected chi connectivity index (χ4v) is 2.73. The maximum atomic E-state index is 12.8. The molecule has 8 heteroatoms. The zero-order chi connectivity index (χ0) is 19.4. The van der Waals surface area contributed by atoms with Crippen molar-refractivity contribution in [1.82, 2.24) is 19.6 Å². The molecule has 2 heterocycles. The van der Waals surface area contributed by atoms with Crippen molar-refractivity contribution in [2.24, 2.45) is 7.05 Å². The molecule has 0 fully saturated rings. The second kappa shape index (κ2) is 7.86. The van der Waals surface area contributed by atoms with Crippen molar-refractivity contribution in [1.29, 1.82) is 0 Å². The van der Waals surface area contributed by atoms with Crippen LogP contribution in [-0.4, -0.2) is 31.4 Å². The molecule has 0 bridgehead atoms. The summed E-state index contributed by atoms with van der Waals surface area (Å²) in [6, 6.07) is 9.43. The highest BCUT2D eigenvalue weighted by Gasteiger charge is 2.21. The van der Waals surface area contributed by atoms with Crippen molar-refractivity contribution >= 4 is 23.2 Å². The molecule has 0 unspecified atom stereocenters.